The molecule has 0 atom stereocenters. The Balaban J connectivity index is 3.76. The summed E-state index contributed by atoms with van der Waals surface area (Å²) < 4.78 is 21.4. The summed E-state index contributed by atoms with van der Waals surface area (Å²) in [7, 11) is -2.68. The second kappa shape index (κ2) is 3.66. The van der Waals surface area contributed by atoms with Crippen LogP contribution in [-0.4, -0.2) is 17.9 Å². The number of hydrogen-bond acceptors (Lipinski definition) is 2. The van der Waals surface area contributed by atoms with E-state index in [2.05, 4.69) is 0 Å². The van der Waals surface area contributed by atoms with Crippen molar-refractivity contribution in [3.63, 3.8) is 0 Å². The maximum atomic E-state index is 10.6. The summed E-state index contributed by atoms with van der Waals surface area (Å²) in [5, 5.41) is 0. The molecule has 8 heavy (non-hydrogen) atoms. The van der Waals surface area contributed by atoms with Crippen molar-refractivity contribution in [1.82, 2.24) is 0 Å². The molecule has 0 saturated heterocycles. The first-order chi connectivity index (χ1) is 3.62. The smallest absolute Gasteiger partial charge is 0.159 e. The molecule has 0 aromatic rings. The van der Waals surface area contributed by atoms with Gasteiger partial charge in [-0.25, -0.2) is 8.42 Å². The molecule has 0 aromatic heterocycles. The molecule has 0 radical (unpaired) electrons. The summed E-state index contributed by atoms with van der Waals surface area (Å²) in [6, 6.07) is 0. The van der Waals surface area contributed by atoms with Gasteiger partial charge in [-0.15, -0.1) is 0 Å². The number of sulfone groups is 1. The zero-order valence-electron chi connectivity index (χ0n) is 4.72. The van der Waals surface area contributed by atoms with Crippen molar-refractivity contribution in [3.05, 3.63) is 0 Å². The molecule has 0 heterocycles. The fourth-order valence-corrected chi connectivity index (χ4v) is 2.03. The molecule has 0 aliphatic rings. The van der Waals surface area contributed by atoms with Gasteiger partial charge in [-0.3, -0.25) is 0 Å². The second-order valence-electron chi connectivity index (χ2n) is 1.56. The van der Waals surface area contributed by atoms with E-state index in [1.54, 1.807) is 0 Å². The van der Waals surface area contributed by atoms with Crippen molar-refractivity contribution in [2.45, 2.75) is 13.3 Å². The molecule has 0 fully saturated rings. The minimum atomic E-state index is -2.68. The number of rotatable bonds is 3. The summed E-state index contributed by atoms with van der Waals surface area (Å²) in [5.41, 5.74) is 0. The third-order valence-electron chi connectivity index (χ3n) is 0.681. The minimum absolute atomic E-state index is 0.249. The number of halogens is 1. The van der Waals surface area contributed by atoms with E-state index in [1.807, 2.05) is 29.5 Å². The fraction of sp³-hybridized carbons (Fsp3) is 1.00. The molecule has 0 spiro atoms. The van der Waals surface area contributed by atoms with Gasteiger partial charge in [0.1, 0.15) is 3.76 Å². The SMILES string of the molecule is CCCS(=O)(=O)CI. The van der Waals surface area contributed by atoms with E-state index in [0.29, 0.717) is 5.75 Å². The van der Waals surface area contributed by atoms with Crippen LogP contribution in [-0.2, 0) is 9.84 Å². The van der Waals surface area contributed by atoms with Crippen molar-refractivity contribution in [2.24, 2.45) is 0 Å². The lowest BCUT2D eigenvalue weighted by Crippen LogP contribution is -2.04. The molecular formula is C4H9IO2S. The Morgan fingerprint density at radius 3 is 2.12 bits per heavy atom. The predicted molar refractivity (Wildman–Crippen MR) is 43.0 cm³/mol. The van der Waals surface area contributed by atoms with Gasteiger partial charge in [0.15, 0.2) is 9.84 Å². The van der Waals surface area contributed by atoms with Crippen LogP contribution >= 0.6 is 22.6 Å². The summed E-state index contributed by atoms with van der Waals surface area (Å²) in [4.78, 5) is 0. The maximum absolute atomic E-state index is 10.6. The monoisotopic (exact) mass is 248 g/mol. The summed E-state index contributed by atoms with van der Waals surface area (Å²) in [6.45, 7) is 1.86. The highest BCUT2D eigenvalue weighted by Gasteiger charge is 2.03. The third kappa shape index (κ3) is 3.65. The van der Waals surface area contributed by atoms with Gasteiger partial charge in [-0.2, -0.15) is 0 Å². The number of hydrogen-bond donors (Lipinski definition) is 0. The molecule has 0 aromatic carbocycles. The summed E-state index contributed by atoms with van der Waals surface area (Å²) in [5.74, 6) is 0.329. The van der Waals surface area contributed by atoms with E-state index in [4.69, 9.17) is 0 Å². The van der Waals surface area contributed by atoms with E-state index >= 15 is 0 Å². The highest BCUT2D eigenvalue weighted by molar-refractivity contribution is 14.1. The van der Waals surface area contributed by atoms with E-state index in [9.17, 15) is 8.42 Å². The van der Waals surface area contributed by atoms with Crippen LogP contribution in [0.15, 0.2) is 0 Å². The highest BCUT2D eigenvalue weighted by Crippen LogP contribution is 1.97. The molecular weight excluding hydrogens is 239 g/mol. The predicted octanol–water partition coefficient (Wildman–Crippen LogP) is 1.20. The Bertz CT molecular complexity index is 138. The normalized spacial score (nSPS) is 11.8. The van der Waals surface area contributed by atoms with Gasteiger partial charge >= 0.3 is 0 Å². The van der Waals surface area contributed by atoms with Crippen LogP contribution in [0.1, 0.15) is 13.3 Å². The molecule has 0 rings (SSSR count). The third-order valence-corrected chi connectivity index (χ3v) is 4.89. The quantitative estimate of drug-likeness (QED) is 0.555. The number of alkyl halides is 1. The van der Waals surface area contributed by atoms with Crippen LogP contribution in [0.4, 0.5) is 0 Å². The molecule has 0 N–H and O–H groups in total. The van der Waals surface area contributed by atoms with E-state index in [-0.39, 0.29) is 3.76 Å². The average Bonchev–Trinajstić information content (AvgIpc) is 1.67. The zero-order valence-corrected chi connectivity index (χ0v) is 7.70. The van der Waals surface area contributed by atoms with Crippen LogP contribution < -0.4 is 0 Å². The summed E-state index contributed by atoms with van der Waals surface area (Å²) in [6.07, 6.45) is 0.728. The Kier molecular flexibility index (Phi) is 3.97. The Hall–Kier alpha value is 0.680. The first kappa shape index (κ1) is 8.68. The van der Waals surface area contributed by atoms with Crippen molar-refractivity contribution in [1.29, 1.82) is 0 Å². The van der Waals surface area contributed by atoms with Gasteiger partial charge in [0.25, 0.3) is 0 Å². The van der Waals surface area contributed by atoms with Crippen molar-refractivity contribution in [2.75, 3.05) is 9.51 Å². The van der Waals surface area contributed by atoms with Crippen LogP contribution in [0.3, 0.4) is 0 Å². The average molecular weight is 248 g/mol. The zero-order chi connectivity index (χ0) is 6.62. The van der Waals surface area contributed by atoms with E-state index in [1.165, 1.54) is 0 Å². The lowest BCUT2D eigenvalue weighted by atomic mass is 10.6. The Labute approximate surface area is 63.7 Å². The maximum Gasteiger partial charge on any atom is 0.159 e. The van der Waals surface area contributed by atoms with Gasteiger partial charge in [-0.05, 0) is 6.42 Å². The van der Waals surface area contributed by atoms with Crippen molar-refractivity contribution in [3.8, 4) is 0 Å². The highest BCUT2D eigenvalue weighted by atomic mass is 127. The standard InChI is InChI=1S/C4H9IO2S/c1-2-3-8(6,7)4-5/h2-4H2,1H3. The Morgan fingerprint density at radius 2 is 2.00 bits per heavy atom. The van der Waals surface area contributed by atoms with Crippen LogP contribution in [0, 0.1) is 0 Å². The molecule has 50 valence electrons. The van der Waals surface area contributed by atoms with Gasteiger partial charge < -0.3 is 0 Å². The molecule has 0 amide bonds. The lowest BCUT2D eigenvalue weighted by molar-refractivity contribution is 0.600. The molecule has 2 nitrogen and oxygen atoms in total. The Morgan fingerprint density at radius 1 is 1.50 bits per heavy atom. The van der Waals surface area contributed by atoms with Gasteiger partial charge in [-0.1, -0.05) is 29.5 Å². The van der Waals surface area contributed by atoms with E-state index in [0.717, 1.165) is 6.42 Å². The van der Waals surface area contributed by atoms with Gasteiger partial charge in [0, 0.05) is 0 Å². The van der Waals surface area contributed by atoms with E-state index < -0.39 is 9.84 Å². The van der Waals surface area contributed by atoms with Crippen molar-refractivity contribution < 1.29 is 8.42 Å². The fourth-order valence-electron chi connectivity index (χ4n) is 0.366. The first-order valence-corrected chi connectivity index (χ1v) is 5.73. The lowest BCUT2D eigenvalue weighted by Gasteiger charge is -1.92. The minimum Gasteiger partial charge on any atom is -0.228 e. The topological polar surface area (TPSA) is 34.1 Å². The largest absolute Gasteiger partial charge is 0.228 e. The van der Waals surface area contributed by atoms with Crippen LogP contribution in [0.5, 0.6) is 0 Å². The molecule has 0 aliphatic heterocycles. The molecule has 0 aliphatic carbocycles. The molecule has 0 saturated carbocycles. The van der Waals surface area contributed by atoms with Crippen LogP contribution in [0.2, 0.25) is 0 Å². The molecule has 0 unspecified atom stereocenters. The molecule has 0 bridgehead atoms. The summed E-state index contributed by atoms with van der Waals surface area (Å²) >= 11 is 1.87. The van der Waals surface area contributed by atoms with Gasteiger partial charge in [0.2, 0.25) is 0 Å². The van der Waals surface area contributed by atoms with Crippen molar-refractivity contribution >= 4 is 32.4 Å². The molecule has 4 heteroatoms. The second-order valence-corrected chi connectivity index (χ2v) is 5.54. The van der Waals surface area contributed by atoms with Gasteiger partial charge in [0.05, 0.1) is 5.75 Å². The van der Waals surface area contributed by atoms with Crippen LogP contribution in [0.25, 0.3) is 0 Å². The first-order valence-electron chi connectivity index (χ1n) is 2.39.